The second kappa shape index (κ2) is 13.7. The van der Waals surface area contributed by atoms with Crippen LogP contribution in [0.1, 0.15) is 56.3 Å². The Kier molecular flexibility index (Phi) is 10.7. The number of rotatable bonds is 14. The van der Waals surface area contributed by atoms with Crippen molar-refractivity contribution < 1.29 is 23.8 Å². The highest BCUT2D eigenvalue weighted by Crippen LogP contribution is 2.32. The van der Waals surface area contributed by atoms with E-state index in [0.717, 1.165) is 45.2 Å². The zero-order valence-corrected chi connectivity index (χ0v) is 21.8. The predicted octanol–water partition coefficient (Wildman–Crippen LogP) is 3.10. The number of carbonyl (C=O) groups is 2. The van der Waals surface area contributed by atoms with Crippen molar-refractivity contribution in [2.45, 2.75) is 52.0 Å². The fourth-order valence-corrected chi connectivity index (χ4v) is 4.52. The lowest BCUT2D eigenvalue weighted by molar-refractivity contribution is -0.126. The quantitative estimate of drug-likeness (QED) is 0.391. The predicted molar refractivity (Wildman–Crippen MR) is 136 cm³/mol. The van der Waals surface area contributed by atoms with E-state index in [2.05, 4.69) is 24.5 Å². The molecule has 2 N–H and O–H groups in total. The summed E-state index contributed by atoms with van der Waals surface area (Å²) in [7, 11) is 3.26. The fraction of sp³-hybridized carbons (Fsp3) is 0.704. The van der Waals surface area contributed by atoms with Gasteiger partial charge >= 0.3 is 0 Å². The van der Waals surface area contributed by atoms with Crippen molar-refractivity contribution in [1.29, 1.82) is 0 Å². The van der Waals surface area contributed by atoms with Crippen LogP contribution in [0.2, 0.25) is 0 Å². The van der Waals surface area contributed by atoms with Crippen molar-refractivity contribution in [1.82, 2.24) is 15.5 Å². The van der Waals surface area contributed by atoms with Gasteiger partial charge in [-0.3, -0.25) is 9.59 Å². The summed E-state index contributed by atoms with van der Waals surface area (Å²) in [6.45, 7) is 8.33. The number of piperidine rings is 1. The summed E-state index contributed by atoms with van der Waals surface area (Å²) in [6, 6.07) is 5.65. The molecule has 1 heterocycles. The number of hydrogen-bond donors (Lipinski definition) is 2. The zero-order valence-electron chi connectivity index (χ0n) is 21.8. The molecular weight excluding hydrogens is 446 g/mol. The maximum atomic E-state index is 13.6. The summed E-state index contributed by atoms with van der Waals surface area (Å²) in [6.07, 6.45) is 4.59. The Morgan fingerprint density at radius 2 is 1.89 bits per heavy atom. The van der Waals surface area contributed by atoms with Crippen LogP contribution in [0.4, 0.5) is 0 Å². The standard InChI is InChI=1S/C27H43N3O5/c1-19(2)8-9-29-26(31)22-12-20(16-28-17-22)18-30(23-6-7-23)27(32)21-13-24(34-4)15-25(14-21)35-11-5-10-33-3/h13-15,19-20,22-23,28H,5-12,16-18H2,1-4H3,(H,29,31)/t20-,22-/m0/s1. The largest absolute Gasteiger partial charge is 0.497 e. The van der Waals surface area contributed by atoms with Gasteiger partial charge in [0.25, 0.3) is 5.91 Å². The Labute approximate surface area is 210 Å². The summed E-state index contributed by atoms with van der Waals surface area (Å²) in [5.74, 6) is 2.10. The lowest BCUT2D eigenvalue weighted by Crippen LogP contribution is -2.48. The van der Waals surface area contributed by atoms with Gasteiger partial charge in [-0.05, 0) is 56.2 Å². The zero-order chi connectivity index (χ0) is 25.2. The Bertz CT molecular complexity index is 827. The van der Waals surface area contributed by atoms with Gasteiger partial charge in [0.1, 0.15) is 11.5 Å². The number of ether oxygens (including phenoxy) is 3. The minimum atomic E-state index is -0.0546. The lowest BCUT2D eigenvalue weighted by atomic mass is 9.89. The van der Waals surface area contributed by atoms with Crippen LogP contribution in [0.3, 0.4) is 0 Å². The molecule has 0 aromatic heterocycles. The molecule has 8 heteroatoms. The molecule has 3 rings (SSSR count). The highest BCUT2D eigenvalue weighted by molar-refractivity contribution is 5.95. The summed E-state index contributed by atoms with van der Waals surface area (Å²) >= 11 is 0. The van der Waals surface area contributed by atoms with Crippen molar-refractivity contribution in [2.24, 2.45) is 17.8 Å². The third-order valence-electron chi connectivity index (χ3n) is 6.66. The maximum Gasteiger partial charge on any atom is 0.254 e. The number of benzene rings is 1. The second-order valence-electron chi connectivity index (χ2n) is 10.2. The van der Waals surface area contributed by atoms with E-state index in [9.17, 15) is 9.59 Å². The number of nitrogens with zero attached hydrogens (tertiary/aromatic N) is 1. The van der Waals surface area contributed by atoms with Crippen LogP contribution in [-0.4, -0.2) is 76.4 Å². The lowest BCUT2D eigenvalue weighted by Gasteiger charge is -2.33. The van der Waals surface area contributed by atoms with Crippen molar-refractivity contribution in [2.75, 3.05) is 53.6 Å². The van der Waals surface area contributed by atoms with Crippen LogP contribution in [-0.2, 0) is 9.53 Å². The van der Waals surface area contributed by atoms with E-state index in [1.807, 2.05) is 4.90 Å². The molecule has 1 aliphatic heterocycles. The molecule has 2 aliphatic rings. The summed E-state index contributed by atoms with van der Waals surface area (Å²) in [4.78, 5) is 28.3. The van der Waals surface area contributed by atoms with E-state index in [-0.39, 0.29) is 29.7 Å². The first-order valence-electron chi connectivity index (χ1n) is 13.0. The Hall–Kier alpha value is -2.32. The molecule has 0 radical (unpaired) electrons. The fourth-order valence-electron chi connectivity index (χ4n) is 4.52. The van der Waals surface area contributed by atoms with Gasteiger partial charge in [-0.2, -0.15) is 0 Å². The van der Waals surface area contributed by atoms with Crippen molar-refractivity contribution in [3.63, 3.8) is 0 Å². The van der Waals surface area contributed by atoms with Crippen LogP contribution >= 0.6 is 0 Å². The smallest absolute Gasteiger partial charge is 0.254 e. The molecule has 1 aromatic rings. The van der Waals surface area contributed by atoms with Gasteiger partial charge in [-0.1, -0.05) is 13.8 Å². The first kappa shape index (κ1) is 27.3. The first-order valence-corrected chi connectivity index (χ1v) is 13.0. The minimum absolute atomic E-state index is 0.00310. The van der Waals surface area contributed by atoms with Crippen molar-refractivity contribution >= 4 is 11.8 Å². The van der Waals surface area contributed by atoms with E-state index < -0.39 is 0 Å². The Morgan fingerprint density at radius 3 is 2.57 bits per heavy atom. The summed E-state index contributed by atoms with van der Waals surface area (Å²) in [5.41, 5.74) is 0.574. The average Bonchev–Trinajstić information content (AvgIpc) is 3.70. The SMILES string of the molecule is COCCCOc1cc(OC)cc(C(=O)N(C[C@@H]2CNC[C@@H](C(=O)NCCC(C)C)C2)C2CC2)c1. The van der Waals surface area contributed by atoms with Crippen LogP contribution in [0, 0.1) is 17.8 Å². The highest BCUT2D eigenvalue weighted by atomic mass is 16.5. The number of nitrogens with one attached hydrogen (secondary N) is 2. The minimum Gasteiger partial charge on any atom is -0.497 e. The second-order valence-corrected chi connectivity index (χ2v) is 10.2. The third kappa shape index (κ3) is 8.69. The van der Waals surface area contributed by atoms with Crippen molar-refractivity contribution in [3.8, 4) is 11.5 Å². The molecule has 196 valence electrons. The van der Waals surface area contributed by atoms with Gasteiger partial charge in [0.05, 0.1) is 19.6 Å². The van der Waals surface area contributed by atoms with Gasteiger partial charge < -0.3 is 29.7 Å². The molecular formula is C27H43N3O5. The molecule has 2 atom stereocenters. The normalized spacial score (nSPS) is 19.9. The van der Waals surface area contributed by atoms with Gasteiger partial charge in [-0.15, -0.1) is 0 Å². The molecule has 0 spiro atoms. The molecule has 2 fully saturated rings. The Balaban J connectivity index is 1.63. The topological polar surface area (TPSA) is 89.1 Å². The molecule has 1 saturated heterocycles. The molecule has 2 amide bonds. The summed E-state index contributed by atoms with van der Waals surface area (Å²) < 4.78 is 16.4. The van der Waals surface area contributed by atoms with E-state index in [1.54, 1.807) is 32.4 Å². The molecule has 0 bridgehead atoms. The number of hydrogen-bond acceptors (Lipinski definition) is 6. The number of methoxy groups -OCH3 is 2. The Morgan fingerprint density at radius 1 is 1.11 bits per heavy atom. The van der Waals surface area contributed by atoms with E-state index in [4.69, 9.17) is 14.2 Å². The average molecular weight is 490 g/mol. The molecule has 1 saturated carbocycles. The monoisotopic (exact) mass is 489 g/mol. The van der Waals surface area contributed by atoms with E-state index >= 15 is 0 Å². The van der Waals surface area contributed by atoms with E-state index in [0.29, 0.717) is 49.3 Å². The first-order chi connectivity index (χ1) is 16.9. The molecule has 0 unspecified atom stereocenters. The van der Waals surface area contributed by atoms with Gasteiger partial charge in [-0.25, -0.2) is 0 Å². The van der Waals surface area contributed by atoms with Crippen LogP contribution in [0.15, 0.2) is 18.2 Å². The van der Waals surface area contributed by atoms with Crippen LogP contribution in [0.5, 0.6) is 11.5 Å². The summed E-state index contributed by atoms with van der Waals surface area (Å²) in [5, 5.41) is 6.51. The number of amides is 2. The van der Waals surface area contributed by atoms with Crippen LogP contribution in [0.25, 0.3) is 0 Å². The highest BCUT2D eigenvalue weighted by Gasteiger charge is 2.36. The van der Waals surface area contributed by atoms with Crippen molar-refractivity contribution in [3.05, 3.63) is 23.8 Å². The van der Waals surface area contributed by atoms with E-state index in [1.165, 1.54) is 0 Å². The van der Waals surface area contributed by atoms with Crippen LogP contribution < -0.4 is 20.1 Å². The van der Waals surface area contributed by atoms with Gasteiger partial charge in [0, 0.05) is 57.4 Å². The van der Waals surface area contributed by atoms with Gasteiger partial charge in [0.15, 0.2) is 0 Å². The molecule has 35 heavy (non-hydrogen) atoms. The van der Waals surface area contributed by atoms with Gasteiger partial charge in [0.2, 0.25) is 5.91 Å². The maximum absolute atomic E-state index is 13.6. The number of carbonyl (C=O) groups excluding carboxylic acids is 2. The molecule has 1 aliphatic carbocycles. The third-order valence-corrected chi connectivity index (χ3v) is 6.66. The molecule has 8 nitrogen and oxygen atoms in total. The molecule has 1 aromatic carbocycles.